The molecule has 1 fully saturated rings. The van der Waals surface area contributed by atoms with Gasteiger partial charge >= 0.3 is 7.12 Å². The topological polar surface area (TPSA) is 50.8 Å². The smallest absolute Gasteiger partial charge is 0.399 e. The molecule has 1 saturated heterocycles. The summed E-state index contributed by atoms with van der Waals surface area (Å²) in [7, 11) is -0.391. The minimum Gasteiger partial charge on any atom is -0.399 e. The molecule has 2 heterocycles. The molecule has 6 heteroatoms. The van der Waals surface area contributed by atoms with Gasteiger partial charge in [-0.25, -0.2) is 0 Å². The molecule has 0 aromatic heterocycles. The predicted octanol–water partition coefficient (Wildman–Crippen LogP) is 2.15. The number of carbonyl (C=O) groups is 1. The van der Waals surface area contributed by atoms with Crippen molar-refractivity contribution in [1.29, 1.82) is 0 Å². The minimum atomic E-state index is -0.391. The molecule has 1 amide bonds. The quantitative estimate of drug-likeness (QED) is 0.807. The number of carbonyl (C=O) groups excluding carboxylic acids is 1. The van der Waals surface area contributed by atoms with Crippen molar-refractivity contribution in [2.24, 2.45) is 0 Å². The molecule has 0 saturated carbocycles. The summed E-state index contributed by atoms with van der Waals surface area (Å²) in [6, 6.07) is 6.12. The van der Waals surface area contributed by atoms with E-state index in [0.717, 1.165) is 23.4 Å². The van der Waals surface area contributed by atoms with Crippen molar-refractivity contribution >= 4 is 29.9 Å². The number of rotatable bonds is 1. The van der Waals surface area contributed by atoms with Crippen LogP contribution >= 0.6 is 0 Å². The molecule has 2 aliphatic heterocycles. The monoisotopic (exact) mass is 316 g/mol. The van der Waals surface area contributed by atoms with Crippen molar-refractivity contribution < 1.29 is 14.1 Å². The maximum Gasteiger partial charge on any atom is 0.494 e. The fourth-order valence-electron chi connectivity index (χ4n) is 3.10. The van der Waals surface area contributed by atoms with E-state index in [-0.39, 0.29) is 23.2 Å². The molecule has 0 spiro atoms. The number of nitrogens with zero attached hydrogens (tertiary/aromatic N) is 1. The molecule has 3 rings (SSSR count). The van der Waals surface area contributed by atoms with Crippen molar-refractivity contribution in [3.8, 4) is 0 Å². The second kappa shape index (κ2) is 5.25. The Morgan fingerprint density at radius 1 is 1.26 bits per heavy atom. The van der Waals surface area contributed by atoms with E-state index in [1.165, 1.54) is 0 Å². The van der Waals surface area contributed by atoms with Crippen LogP contribution in [0, 0.1) is 0 Å². The Morgan fingerprint density at radius 2 is 1.87 bits per heavy atom. The Bertz CT molecular complexity index is 629. The minimum absolute atomic E-state index is 0.0589. The molecule has 0 radical (unpaired) electrons. The van der Waals surface area contributed by atoms with Crippen LogP contribution in [-0.2, 0) is 14.1 Å². The number of anilines is 2. The third-order valence-electron chi connectivity index (χ3n) is 5.17. The van der Waals surface area contributed by atoms with Crippen molar-refractivity contribution in [2.75, 3.05) is 16.8 Å². The second-order valence-corrected chi connectivity index (χ2v) is 7.48. The fraction of sp³-hybridized carbons (Fsp3) is 0.588. The summed E-state index contributed by atoms with van der Waals surface area (Å²) in [6.45, 7) is 12.6. The average Bonchev–Trinajstić information content (AvgIpc) is 2.66. The maximum atomic E-state index is 11.9. The van der Waals surface area contributed by atoms with Crippen LogP contribution in [0.3, 0.4) is 0 Å². The molecule has 1 unspecified atom stereocenters. The van der Waals surface area contributed by atoms with Crippen LogP contribution in [0.2, 0.25) is 0 Å². The Kier molecular flexibility index (Phi) is 3.73. The van der Waals surface area contributed by atoms with Crippen molar-refractivity contribution in [2.45, 2.75) is 58.8 Å². The first-order valence-electron chi connectivity index (χ1n) is 8.16. The Balaban J connectivity index is 1.92. The van der Waals surface area contributed by atoms with E-state index in [4.69, 9.17) is 9.31 Å². The molecular weight excluding hydrogens is 291 g/mol. The van der Waals surface area contributed by atoms with Gasteiger partial charge in [-0.05, 0) is 52.2 Å². The first-order chi connectivity index (χ1) is 10.6. The summed E-state index contributed by atoms with van der Waals surface area (Å²) < 4.78 is 12.2. The normalized spacial score (nSPS) is 25.0. The molecule has 1 aromatic rings. The summed E-state index contributed by atoms with van der Waals surface area (Å²) in [4.78, 5) is 13.8. The predicted molar refractivity (Wildman–Crippen MR) is 93.3 cm³/mol. The van der Waals surface area contributed by atoms with Gasteiger partial charge in [-0.3, -0.25) is 4.79 Å². The lowest BCUT2D eigenvalue weighted by Crippen LogP contribution is -2.45. The Morgan fingerprint density at radius 3 is 2.43 bits per heavy atom. The lowest BCUT2D eigenvalue weighted by atomic mass is 9.78. The Hall–Kier alpha value is -1.53. The lowest BCUT2D eigenvalue weighted by Gasteiger charge is -2.35. The molecule has 1 aromatic carbocycles. The third kappa shape index (κ3) is 2.64. The highest BCUT2D eigenvalue weighted by Crippen LogP contribution is 2.37. The van der Waals surface area contributed by atoms with E-state index in [0.29, 0.717) is 0 Å². The number of hydrogen-bond acceptors (Lipinski definition) is 4. The molecule has 0 bridgehead atoms. The highest BCUT2D eigenvalue weighted by Gasteiger charge is 2.51. The SMILES string of the molecule is CC(=O)N1c2ccc(B3OC(C)(C)C(C)(C)O3)cc2NCC1C. The van der Waals surface area contributed by atoms with Gasteiger partial charge in [0.25, 0.3) is 0 Å². The van der Waals surface area contributed by atoms with E-state index in [1.807, 2.05) is 57.7 Å². The maximum absolute atomic E-state index is 11.9. The van der Waals surface area contributed by atoms with Gasteiger partial charge in [0.05, 0.1) is 28.6 Å². The number of benzene rings is 1. The molecule has 2 aliphatic rings. The summed E-state index contributed by atoms with van der Waals surface area (Å²) in [5, 5.41) is 3.40. The molecule has 124 valence electrons. The zero-order valence-electron chi connectivity index (χ0n) is 14.8. The second-order valence-electron chi connectivity index (χ2n) is 7.48. The summed E-state index contributed by atoms with van der Waals surface area (Å²) in [5.41, 5.74) is 2.11. The first kappa shape index (κ1) is 16.3. The number of amides is 1. The van der Waals surface area contributed by atoms with Gasteiger partial charge in [-0.2, -0.15) is 0 Å². The summed E-state index contributed by atoms with van der Waals surface area (Å²) >= 11 is 0. The molecule has 1 atom stereocenters. The van der Waals surface area contributed by atoms with Crippen LogP contribution in [-0.4, -0.2) is 36.8 Å². The Labute approximate surface area is 138 Å². The van der Waals surface area contributed by atoms with Crippen LogP contribution < -0.4 is 15.7 Å². The molecule has 1 N–H and O–H groups in total. The average molecular weight is 316 g/mol. The highest BCUT2D eigenvalue weighted by atomic mass is 16.7. The van der Waals surface area contributed by atoms with Gasteiger partial charge in [0, 0.05) is 13.5 Å². The van der Waals surface area contributed by atoms with Crippen LogP contribution in [0.4, 0.5) is 11.4 Å². The molecular formula is C17H25BN2O3. The standard InChI is InChI=1S/C17H25BN2O3/c1-11-10-19-14-9-13(7-8-15(14)20(11)12(2)21)18-22-16(3,4)17(5,6)23-18/h7-9,11,19H,10H2,1-6H3. The zero-order chi connectivity index (χ0) is 17.0. The van der Waals surface area contributed by atoms with Gasteiger partial charge in [0.15, 0.2) is 0 Å². The van der Waals surface area contributed by atoms with Gasteiger partial charge in [0.1, 0.15) is 0 Å². The van der Waals surface area contributed by atoms with E-state index in [1.54, 1.807) is 6.92 Å². The van der Waals surface area contributed by atoms with Crippen molar-refractivity contribution in [3.05, 3.63) is 18.2 Å². The number of hydrogen-bond donors (Lipinski definition) is 1. The molecule has 0 aliphatic carbocycles. The zero-order valence-corrected chi connectivity index (χ0v) is 14.8. The van der Waals surface area contributed by atoms with Gasteiger partial charge in [-0.15, -0.1) is 0 Å². The van der Waals surface area contributed by atoms with Crippen molar-refractivity contribution in [3.63, 3.8) is 0 Å². The van der Waals surface area contributed by atoms with Crippen LogP contribution in [0.5, 0.6) is 0 Å². The lowest BCUT2D eigenvalue weighted by molar-refractivity contribution is -0.116. The van der Waals surface area contributed by atoms with Crippen LogP contribution in [0.25, 0.3) is 0 Å². The summed E-state index contributed by atoms with van der Waals surface area (Å²) in [5.74, 6) is 0.0589. The summed E-state index contributed by atoms with van der Waals surface area (Å²) in [6.07, 6.45) is 0. The molecule has 23 heavy (non-hydrogen) atoms. The largest absolute Gasteiger partial charge is 0.494 e. The van der Waals surface area contributed by atoms with E-state index >= 15 is 0 Å². The van der Waals surface area contributed by atoms with Gasteiger partial charge in [0.2, 0.25) is 5.91 Å². The third-order valence-corrected chi connectivity index (χ3v) is 5.17. The van der Waals surface area contributed by atoms with Crippen molar-refractivity contribution in [1.82, 2.24) is 0 Å². The van der Waals surface area contributed by atoms with Gasteiger partial charge < -0.3 is 19.5 Å². The van der Waals surface area contributed by atoms with Crippen LogP contribution in [0.1, 0.15) is 41.5 Å². The molecule has 5 nitrogen and oxygen atoms in total. The fourth-order valence-corrected chi connectivity index (χ4v) is 3.10. The highest BCUT2D eigenvalue weighted by molar-refractivity contribution is 6.62. The number of nitrogens with one attached hydrogen (secondary N) is 1. The first-order valence-corrected chi connectivity index (χ1v) is 8.16. The van der Waals surface area contributed by atoms with E-state index in [2.05, 4.69) is 5.32 Å². The number of fused-ring (bicyclic) bond motifs is 1. The van der Waals surface area contributed by atoms with Crippen LogP contribution in [0.15, 0.2) is 18.2 Å². The van der Waals surface area contributed by atoms with E-state index in [9.17, 15) is 4.79 Å². The van der Waals surface area contributed by atoms with E-state index < -0.39 is 7.12 Å². The van der Waals surface area contributed by atoms with Gasteiger partial charge in [-0.1, -0.05) is 6.07 Å².